The van der Waals surface area contributed by atoms with Gasteiger partial charge in [0.05, 0.1) is 5.60 Å². The summed E-state index contributed by atoms with van der Waals surface area (Å²) < 4.78 is 26.2. The lowest BCUT2D eigenvalue weighted by Crippen LogP contribution is -2.34. The molecule has 1 aliphatic rings. The summed E-state index contributed by atoms with van der Waals surface area (Å²) in [7, 11) is 0. The molecule has 0 aromatic heterocycles. The Morgan fingerprint density at radius 2 is 2.20 bits per heavy atom. The molecule has 0 spiro atoms. The molecule has 1 heterocycles. The van der Waals surface area contributed by atoms with Crippen LogP contribution in [-0.4, -0.2) is 23.8 Å². The highest BCUT2D eigenvalue weighted by Crippen LogP contribution is 2.22. The molecule has 4 heteroatoms. The number of hydrogen-bond acceptors (Lipinski definition) is 2. The molecule has 1 atom stereocenters. The minimum absolute atomic E-state index is 0.156. The fourth-order valence-electron chi connectivity index (χ4n) is 1.92. The van der Waals surface area contributed by atoms with E-state index in [2.05, 4.69) is 5.32 Å². The molecule has 1 aromatic rings. The topological polar surface area (TPSA) is 32.3 Å². The molecule has 1 unspecified atom stereocenters. The molecule has 0 bridgehead atoms. The highest BCUT2D eigenvalue weighted by Gasteiger charge is 2.32. The first-order valence-corrected chi connectivity index (χ1v) is 4.97. The second-order valence-electron chi connectivity index (χ2n) is 4.04. The van der Waals surface area contributed by atoms with E-state index in [1.54, 1.807) is 0 Å². The fourth-order valence-corrected chi connectivity index (χ4v) is 1.92. The van der Waals surface area contributed by atoms with Crippen LogP contribution in [0.2, 0.25) is 0 Å². The van der Waals surface area contributed by atoms with Gasteiger partial charge >= 0.3 is 0 Å². The van der Waals surface area contributed by atoms with Gasteiger partial charge in [-0.25, -0.2) is 8.78 Å². The molecule has 1 saturated heterocycles. The zero-order valence-corrected chi connectivity index (χ0v) is 8.26. The van der Waals surface area contributed by atoms with Crippen molar-refractivity contribution in [1.29, 1.82) is 0 Å². The predicted octanol–water partition coefficient (Wildman–Crippen LogP) is 1.23. The van der Waals surface area contributed by atoms with E-state index < -0.39 is 17.2 Å². The minimum Gasteiger partial charge on any atom is -0.388 e. The molecule has 1 fully saturated rings. The van der Waals surface area contributed by atoms with Gasteiger partial charge in [-0.3, -0.25) is 0 Å². The van der Waals surface area contributed by atoms with Gasteiger partial charge in [0, 0.05) is 13.0 Å². The molecule has 0 radical (unpaired) electrons. The smallest absolute Gasteiger partial charge is 0.162 e. The summed E-state index contributed by atoms with van der Waals surface area (Å²) in [6, 6.07) is 4.05. The Balaban J connectivity index is 2.20. The van der Waals surface area contributed by atoms with Crippen LogP contribution < -0.4 is 5.32 Å². The van der Waals surface area contributed by atoms with Crippen molar-refractivity contribution in [3.05, 3.63) is 35.4 Å². The lowest BCUT2D eigenvalue weighted by Gasteiger charge is -2.21. The number of halogens is 2. The maximum Gasteiger partial charge on any atom is 0.162 e. The summed E-state index contributed by atoms with van der Waals surface area (Å²) >= 11 is 0. The third-order valence-corrected chi connectivity index (χ3v) is 2.77. The Morgan fingerprint density at radius 1 is 1.40 bits per heavy atom. The van der Waals surface area contributed by atoms with Gasteiger partial charge in [-0.1, -0.05) is 12.1 Å². The van der Waals surface area contributed by atoms with E-state index in [-0.39, 0.29) is 12.0 Å². The van der Waals surface area contributed by atoms with Gasteiger partial charge in [0.1, 0.15) is 0 Å². The molecular formula is C11H13F2NO. The molecule has 2 nitrogen and oxygen atoms in total. The maximum absolute atomic E-state index is 13.3. The molecule has 2 rings (SSSR count). The third-order valence-electron chi connectivity index (χ3n) is 2.77. The Kier molecular flexibility index (Phi) is 2.71. The molecule has 82 valence electrons. The summed E-state index contributed by atoms with van der Waals surface area (Å²) in [5.41, 5.74) is -0.699. The van der Waals surface area contributed by atoms with Crippen LogP contribution in [0.5, 0.6) is 0 Å². The summed E-state index contributed by atoms with van der Waals surface area (Å²) in [6.45, 7) is 1.15. The molecule has 0 aliphatic carbocycles. The quantitative estimate of drug-likeness (QED) is 0.774. The van der Waals surface area contributed by atoms with E-state index >= 15 is 0 Å². The van der Waals surface area contributed by atoms with Crippen molar-refractivity contribution in [2.45, 2.75) is 18.4 Å². The van der Waals surface area contributed by atoms with E-state index in [4.69, 9.17) is 0 Å². The van der Waals surface area contributed by atoms with Crippen LogP contribution in [0.25, 0.3) is 0 Å². The van der Waals surface area contributed by atoms with Crippen LogP contribution in [0.1, 0.15) is 12.0 Å². The predicted molar refractivity (Wildman–Crippen MR) is 52.5 cm³/mol. The number of β-amino-alcohol motifs (C(OH)–C–C–N with tert-alkyl or cyclic N) is 1. The van der Waals surface area contributed by atoms with Gasteiger partial charge in [-0.2, -0.15) is 0 Å². The Morgan fingerprint density at radius 3 is 2.87 bits per heavy atom. The second-order valence-corrected chi connectivity index (χ2v) is 4.04. The van der Waals surface area contributed by atoms with Gasteiger partial charge < -0.3 is 10.4 Å². The zero-order chi connectivity index (χ0) is 10.9. The van der Waals surface area contributed by atoms with E-state index in [1.165, 1.54) is 12.1 Å². The van der Waals surface area contributed by atoms with Crippen LogP contribution in [-0.2, 0) is 6.42 Å². The monoisotopic (exact) mass is 213 g/mol. The SMILES string of the molecule is OC1(Cc2cccc(F)c2F)CCNC1. The van der Waals surface area contributed by atoms with Crippen molar-refractivity contribution in [2.24, 2.45) is 0 Å². The van der Waals surface area contributed by atoms with Crippen LogP contribution in [0.15, 0.2) is 18.2 Å². The molecule has 0 saturated carbocycles. The van der Waals surface area contributed by atoms with E-state index in [0.717, 1.165) is 6.07 Å². The van der Waals surface area contributed by atoms with Crippen LogP contribution >= 0.6 is 0 Å². The zero-order valence-electron chi connectivity index (χ0n) is 8.26. The molecule has 1 aliphatic heterocycles. The number of nitrogens with one attached hydrogen (secondary N) is 1. The Labute approximate surface area is 86.9 Å². The number of aliphatic hydroxyl groups is 1. The molecular weight excluding hydrogens is 200 g/mol. The lowest BCUT2D eigenvalue weighted by atomic mass is 9.93. The van der Waals surface area contributed by atoms with Crippen molar-refractivity contribution < 1.29 is 13.9 Å². The molecule has 15 heavy (non-hydrogen) atoms. The fraction of sp³-hybridized carbons (Fsp3) is 0.455. The minimum atomic E-state index is -0.936. The summed E-state index contributed by atoms with van der Waals surface area (Å²) in [5, 5.41) is 13.0. The standard InChI is InChI=1S/C11H13F2NO/c12-9-3-1-2-8(10(9)13)6-11(15)4-5-14-7-11/h1-3,14-15H,4-7H2. The molecule has 0 amide bonds. The van der Waals surface area contributed by atoms with Crippen molar-refractivity contribution in [3.8, 4) is 0 Å². The molecule has 1 aromatic carbocycles. The van der Waals surface area contributed by atoms with Crippen LogP contribution in [0.3, 0.4) is 0 Å². The highest BCUT2D eigenvalue weighted by molar-refractivity contribution is 5.21. The van der Waals surface area contributed by atoms with E-state index in [9.17, 15) is 13.9 Å². The lowest BCUT2D eigenvalue weighted by molar-refractivity contribution is 0.0608. The van der Waals surface area contributed by atoms with Gasteiger partial charge in [0.2, 0.25) is 0 Å². The Hall–Kier alpha value is -1.00. The summed E-state index contributed by atoms with van der Waals surface area (Å²) in [5.74, 6) is -1.71. The maximum atomic E-state index is 13.3. The van der Waals surface area contributed by atoms with Gasteiger partial charge in [-0.15, -0.1) is 0 Å². The van der Waals surface area contributed by atoms with Gasteiger partial charge in [0.25, 0.3) is 0 Å². The van der Waals surface area contributed by atoms with Crippen molar-refractivity contribution in [1.82, 2.24) is 5.32 Å². The second kappa shape index (κ2) is 3.87. The average Bonchev–Trinajstić information content (AvgIpc) is 2.60. The average molecular weight is 213 g/mol. The van der Waals surface area contributed by atoms with Crippen molar-refractivity contribution >= 4 is 0 Å². The largest absolute Gasteiger partial charge is 0.388 e. The van der Waals surface area contributed by atoms with Gasteiger partial charge in [0.15, 0.2) is 11.6 Å². The number of hydrogen-bond donors (Lipinski definition) is 2. The Bertz CT molecular complexity index is 362. The highest BCUT2D eigenvalue weighted by atomic mass is 19.2. The number of rotatable bonds is 2. The normalized spacial score (nSPS) is 25.8. The molecule has 2 N–H and O–H groups in total. The first kappa shape index (κ1) is 10.5. The van der Waals surface area contributed by atoms with E-state index in [1.807, 2.05) is 0 Å². The van der Waals surface area contributed by atoms with Crippen molar-refractivity contribution in [3.63, 3.8) is 0 Å². The summed E-state index contributed by atoms with van der Waals surface area (Å²) in [6.07, 6.45) is 0.729. The van der Waals surface area contributed by atoms with Crippen molar-refractivity contribution in [2.75, 3.05) is 13.1 Å². The van der Waals surface area contributed by atoms with E-state index in [0.29, 0.717) is 19.5 Å². The first-order valence-electron chi connectivity index (χ1n) is 4.97. The summed E-state index contributed by atoms with van der Waals surface area (Å²) in [4.78, 5) is 0. The van der Waals surface area contributed by atoms with Crippen LogP contribution in [0.4, 0.5) is 8.78 Å². The first-order chi connectivity index (χ1) is 7.11. The number of benzene rings is 1. The van der Waals surface area contributed by atoms with Gasteiger partial charge in [-0.05, 0) is 24.6 Å². The third kappa shape index (κ3) is 2.16. The van der Waals surface area contributed by atoms with Crippen LogP contribution in [0, 0.1) is 11.6 Å².